The lowest BCUT2D eigenvalue weighted by atomic mass is 9.71. The van der Waals surface area contributed by atoms with Crippen molar-refractivity contribution < 1.29 is 23.8 Å². The highest BCUT2D eigenvalue weighted by molar-refractivity contribution is 14.1. The number of hydrogen-bond acceptors (Lipinski definition) is 6. The van der Waals surface area contributed by atoms with Crippen LogP contribution in [0.25, 0.3) is 0 Å². The van der Waals surface area contributed by atoms with Crippen molar-refractivity contribution in [1.29, 1.82) is 0 Å². The second-order valence-electron chi connectivity index (χ2n) is 10.2. The smallest absolute Gasteiger partial charge is 0.174 e. The van der Waals surface area contributed by atoms with Gasteiger partial charge in [0.1, 0.15) is 6.61 Å². The molecule has 206 valence electrons. The summed E-state index contributed by atoms with van der Waals surface area (Å²) < 4.78 is 18.2. The van der Waals surface area contributed by atoms with E-state index in [-0.39, 0.29) is 11.6 Å². The summed E-state index contributed by atoms with van der Waals surface area (Å²) in [6, 6.07) is 11.6. The van der Waals surface area contributed by atoms with Crippen molar-refractivity contribution in [3.63, 3.8) is 0 Å². The summed E-state index contributed by atoms with van der Waals surface area (Å²) in [5, 5.41) is 0.657. The second kappa shape index (κ2) is 12.4. The average molecular weight is 662 g/mol. The molecule has 2 aliphatic carbocycles. The Morgan fingerprint density at radius 3 is 2.28 bits per heavy atom. The molecule has 0 saturated heterocycles. The van der Waals surface area contributed by atoms with E-state index in [2.05, 4.69) is 27.5 Å². The predicted octanol–water partition coefficient (Wildman–Crippen LogP) is 6.98. The Morgan fingerprint density at radius 1 is 0.974 bits per heavy atom. The average Bonchev–Trinajstić information content (AvgIpc) is 2.92. The van der Waals surface area contributed by atoms with Crippen molar-refractivity contribution >= 4 is 45.8 Å². The maximum absolute atomic E-state index is 13.6. The van der Waals surface area contributed by atoms with Crippen LogP contribution in [0, 0.1) is 3.57 Å². The number of benzene rings is 2. The van der Waals surface area contributed by atoms with Crippen LogP contribution < -0.4 is 9.47 Å². The van der Waals surface area contributed by atoms with Crippen LogP contribution in [0.15, 0.2) is 58.9 Å². The van der Waals surface area contributed by atoms with Crippen molar-refractivity contribution in [1.82, 2.24) is 4.90 Å². The molecule has 2 aromatic rings. The fourth-order valence-electron chi connectivity index (χ4n) is 6.02. The Labute approximate surface area is 248 Å². The lowest BCUT2D eigenvalue weighted by Gasteiger charge is -2.44. The number of allylic oxidation sites excluding steroid dienone is 4. The lowest BCUT2D eigenvalue weighted by molar-refractivity contribution is -0.117. The molecule has 5 rings (SSSR count). The lowest BCUT2D eigenvalue weighted by Crippen LogP contribution is -2.39. The Hall–Kier alpha value is -2.36. The second-order valence-corrected chi connectivity index (χ2v) is 11.8. The first-order chi connectivity index (χ1) is 18.9. The fourth-order valence-corrected chi connectivity index (χ4v) is 7.01. The number of hydrogen-bond donors (Lipinski definition) is 0. The van der Waals surface area contributed by atoms with Crippen LogP contribution >= 0.6 is 34.2 Å². The van der Waals surface area contributed by atoms with Gasteiger partial charge in [0, 0.05) is 66.6 Å². The van der Waals surface area contributed by atoms with Gasteiger partial charge in [-0.25, -0.2) is 0 Å². The third kappa shape index (κ3) is 5.77. The van der Waals surface area contributed by atoms with E-state index in [4.69, 9.17) is 25.8 Å². The fraction of sp³-hybridized carbons (Fsp3) is 0.419. The SMILES string of the molecule is COCCCN1C2=C(C(=O)CCC2)C(c2cc(I)c(OCc3cccc(Cl)c3)c(OC)c2)C2=C1CCCC2=O. The quantitative estimate of drug-likeness (QED) is 0.214. The van der Waals surface area contributed by atoms with Crippen molar-refractivity contribution in [2.24, 2.45) is 0 Å². The number of ketones is 2. The first-order valence-electron chi connectivity index (χ1n) is 13.5. The van der Waals surface area contributed by atoms with Crippen LogP contribution in [0.4, 0.5) is 0 Å². The Bertz CT molecular complexity index is 1310. The Morgan fingerprint density at radius 2 is 1.67 bits per heavy atom. The third-order valence-corrected chi connectivity index (χ3v) is 8.71. The van der Waals surface area contributed by atoms with Crippen molar-refractivity contribution in [3.8, 4) is 11.5 Å². The molecule has 0 amide bonds. The van der Waals surface area contributed by atoms with Gasteiger partial charge in [0.15, 0.2) is 23.1 Å². The molecule has 0 saturated carbocycles. The minimum absolute atomic E-state index is 0.137. The van der Waals surface area contributed by atoms with Gasteiger partial charge in [-0.1, -0.05) is 23.7 Å². The third-order valence-electron chi connectivity index (χ3n) is 7.67. The number of ether oxygens (including phenoxy) is 3. The number of nitrogens with zero attached hydrogens (tertiary/aromatic N) is 1. The number of Topliss-reactive ketones (excluding diaryl/α,β-unsaturated/α-hetero) is 2. The molecular formula is C31H33ClINO5. The topological polar surface area (TPSA) is 65.1 Å². The molecule has 0 fully saturated rings. The number of carbonyl (C=O) groups is 2. The standard InChI is InChI=1S/C31H33ClINO5/c1-37-14-6-13-34-23-9-4-11-25(35)29(23)28(30-24(34)10-5-12-26(30)36)20-16-22(33)31(27(17-20)38-2)39-18-19-7-3-8-21(32)15-19/h3,7-8,15-17,28H,4-6,9-14,18H2,1-2H3. The van der Waals surface area contributed by atoms with Crippen LogP contribution in [0.3, 0.4) is 0 Å². The van der Waals surface area contributed by atoms with Crippen molar-refractivity contribution in [2.45, 2.75) is 57.5 Å². The van der Waals surface area contributed by atoms with Crippen LogP contribution in [-0.2, 0) is 20.9 Å². The minimum atomic E-state index is -0.390. The first-order valence-corrected chi connectivity index (χ1v) is 14.9. The minimum Gasteiger partial charge on any atom is -0.493 e. The molecule has 8 heteroatoms. The summed E-state index contributed by atoms with van der Waals surface area (Å²) in [6.45, 7) is 1.72. The van der Waals surface area contributed by atoms with Gasteiger partial charge in [0.05, 0.1) is 10.7 Å². The van der Waals surface area contributed by atoms with Gasteiger partial charge in [-0.3, -0.25) is 9.59 Å². The molecule has 0 spiro atoms. The highest BCUT2D eigenvalue weighted by atomic mass is 127. The maximum atomic E-state index is 13.6. The molecule has 1 heterocycles. The van der Waals surface area contributed by atoms with Crippen LogP contribution in [0.1, 0.15) is 62.0 Å². The molecule has 0 unspecified atom stereocenters. The number of carbonyl (C=O) groups excluding carboxylic acids is 2. The molecule has 0 bridgehead atoms. The van der Waals surface area contributed by atoms with Crippen LogP contribution in [0.5, 0.6) is 11.5 Å². The summed E-state index contributed by atoms with van der Waals surface area (Å²) in [7, 11) is 3.32. The summed E-state index contributed by atoms with van der Waals surface area (Å²) in [4.78, 5) is 29.4. The molecule has 0 aromatic heterocycles. The predicted molar refractivity (Wildman–Crippen MR) is 159 cm³/mol. The van der Waals surface area contributed by atoms with Crippen molar-refractivity contribution in [2.75, 3.05) is 27.4 Å². The van der Waals surface area contributed by atoms with Gasteiger partial charge < -0.3 is 19.1 Å². The van der Waals surface area contributed by atoms with Crippen LogP contribution in [-0.4, -0.2) is 43.8 Å². The molecule has 6 nitrogen and oxygen atoms in total. The highest BCUT2D eigenvalue weighted by Crippen LogP contribution is 2.50. The maximum Gasteiger partial charge on any atom is 0.174 e. The molecular weight excluding hydrogens is 629 g/mol. The monoisotopic (exact) mass is 661 g/mol. The Kier molecular flexibility index (Phi) is 8.99. The zero-order valence-corrected chi connectivity index (χ0v) is 25.3. The molecule has 39 heavy (non-hydrogen) atoms. The first kappa shape index (κ1) is 28.2. The van der Waals surface area contributed by atoms with E-state index < -0.39 is 5.92 Å². The highest BCUT2D eigenvalue weighted by Gasteiger charge is 2.43. The zero-order chi connectivity index (χ0) is 27.5. The molecule has 1 aliphatic heterocycles. The van der Waals surface area contributed by atoms with E-state index in [1.165, 1.54) is 0 Å². The summed E-state index contributed by atoms with van der Waals surface area (Å²) in [5.74, 6) is 1.10. The van der Waals surface area contributed by atoms with Gasteiger partial charge in [0.25, 0.3) is 0 Å². The van der Waals surface area contributed by atoms with Gasteiger partial charge in [-0.15, -0.1) is 0 Å². The van der Waals surface area contributed by atoms with E-state index in [1.807, 2.05) is 36.4 Å². The number of methoxy groups -OCH3 is 2. The van der Waals surface area contributed by atoms with E-state index in [1.54, 1.807) is 14.2 Å². The normalized spacial score (nSPS) is 17.9. The molecule has 0 atom stereocenters. The Balaban J connectivity index is 1.57. The van der Waals surface area contributed by atoms with Crippen LogP contribution in [0.2, 0.25) is 5.02 Å². The largest absolute Gasteiger partial charge is 0.493 e. The van der Waals surface area contributed by atoms with E-state index >= 15 is 0 Å². The summed E-state index contributed by atoms with van der Waals surface area (Å²) in [6.07, 6.45) is 5.19. The zero-order valence-electron chi connectivity index (χ0n) is 22.4. The number of rotatable bonds is 9. The van der Waals surface area contributed by atoms with E-state index in [0.717, 1.165) is 75.9 Å². The van der Waals surface area contributed by atoms with Gasteiger partial charge in [-0.05, 0) is 90.1 Å². The van der Waals surface area contributed by atoms with E-state index in [0.29, 0.717) is 42.6 Å². The molecule has 0 N–H and O–H groups in total. The molecule has 3 aliphatic rings. The summed E-state index contributed by atoms with van der Waals surface area (Å²) >= 11 is 8.40. The van der Waals surface area contributed by atoms with E-state index in [9.17, 15) is 9.59 Å². The van der Waals surface area contributed by atoms with Gasteiger partial charge >= 0.3 is 0 Å². The molecule has 0 radical (unpaired) electrons. The number of halogens is 2. The van der Waals surface area contributed by atoms with Gasteiger partial charge in [0.2, 0.25) is 0 Å². The summed E-state index contributed by atoms with van der Waals surface area (Å²) in [5.41, 5.74) is 5.56. The molecule has 2 aromatic carbocycles. The van der Waals surface area contributed by atoms with Gasteiger partial charge in [-0.2, -0.15) is 0 Å². The van der Waals surface area contributed by atoms with Crippen molar-refractivity contribution in [3.05, 3.63) is 78.7 Å².